The van der Waals surface area contributed by atoms with E-state index in [1.54, 1.807) is 17.1 Å². The summed E-state index contributed by atoms with van der Waals surface area (Å²) >= 11 is 0. The Hall–Kier alpha value is -3.82. The predicted octanol–water partition coefficient (Wildman–Crippen LogP) is 3.99. The third-order valence-corrected chi connectivity index (χ3v) is 6.90. The van der Waals surface area contributed by atoms with Crippen LogP contribution in [0.1, 0.15) is 50.3 Å². The molecule has 9 nitrogen and oxygen atoms in total. The number of pyridine rings is 2. The van der Waals surface area contributed by atoms with Crippen molar-refractivity contribution in [1.29, 1.82) is 0 Å². The van der Waals surface area contributed by atoms with Crippen molar-refractivity contribution < 1.29 is 14.0 Å². The van der Waals surface area contributed by atoms with E-state index in [-0.39, 0.29) is 11.2 Å². The third kappa shape index (κ3) is 3.73. The Labute approximate surface area is 202 Å². The fourth-order valence-corrected chi connectivity index (χ4v) is 4.81. The lowest BCUT2D eigenvalue weighted by atomic mass is 9.87. The van der Waals surface area contributed by atoms with Gasteiger partial charge in [0.15, 0.2) is 5.84 Å². The minimum Gasteiger partial charge on any atom is -0.476 e. The summed E-state index contributed by atoms with van der Waals surface area (Å²) in [5.41, 5.74) is 2.46. The van der Waals surface area contributed by atoms with Crippen molar-refractivity contribution in [2.75, 3.05) is 13.2 Å². The number of piperidine rings is 1. The molecule has 0 bridgehead atoms. The fourth-order valence-electron chi connectivity index (χ4n) is 4.81. The Kier molecular flexibility index (Phi) is 4.87. The SMILES string of the molecule is CCOc1nc(C=C2CC3(CC3)CN3C2=NOC3(C)c2ccc(F)cn2)ccc1-n1cnc(C)n1. The Balaban J connectivity index is 1.36. The first-order valence-electron chi connectivity index (χ1n) is 11.8. The maximum Gasteiger partial charge on any atom is 0.251 e. The van der Waals surface area contributed by atoms with E-state index in [4.69, 9.17) is 14.6 Å². The zero-order valence-electron chi connectivity index (χ0n) is 19.9. The van der Waals surface area contributed by atoms with Gasteiger partial charge in [-0.05, 0) is 68.9 Å². The quantitative estimate of drug-likeness (QED) is 0.551. The predicted molar refractivity (Wildman–Crippen MR) is 126 cm³/mol. The number of halogens is 1. The van der Waals surface area contributed by atoms with Gasteiger partial charge in [0.1, 0.15) is 29.4 Å². The van der Waals surface area contributed by atoms with Gasteiger partial charge in [-0.25, -0.2) is 19.0 Å². The highest BCUT2D eigenvalue weighted by atomic mass is 19.1. The van der Waals surface area contributed by atoms with Crippen molar-refractivity contribution in [2.24, 2.45) is 10.6 Å². The maximum atomic E-state index is 13.5. The molecule has 1 unspecified atom stereocenters. The first-order chi connectivity index (χ1) is 16.9. The lowest BCUT2D eigenvalue weighted by Crippen LogP contribution is -2.50. The number of aromatic nitrogens is 5. The van der Waals surface area contributed by atoms with E-state index >= 15 is 0 Å². The number of nitrogens with zero attached hydrogens (tertiary/aromatic N) is 7. The monoisotopic (exact) mass is 475 g/mol. The summed E-state index contributed by atoms with van der Waals surface area (Å²) < 4.78 is 21.0. The van der Waals surface area contributed by atoms with E-state index in [0.29, 0.717) is 24.0 Å². The molecule has 5 heterocycles. The minimum absolute atomic E-state index is 0.181. The molecule has 180 valence electrons. The highest BCUT2D eigenvalue weighted by molar-refractivity contribution is 6.03. The molecular formula is C25H26FN7O2. The summed E-state index contributed by atoms with van der Waals surface area (Å²) in [4.78, 5) is 21.4. The molecule has 10 heteroatoms. The first kappa shape index (κ1) is 21.7. The van der Waals surface area contributed by atoms with E-state index in [0.717, 1.165) is 48.6 Å². The smallest absolute Gasteiger partial charge is 0.251 e. The molecule has 1 atom stereocenters. The Morgan fingerprint density at radius 1 is 1.20 bits per heavy atom. The van der Waals surface area contributed by atoms with Gasteiger partial charge in [-0.1, -0.05) is 5.16 Å². The van der Waals surface area contributed by atoms with Gasteiger partial charge in [-0.3, -0.25) is 4.98 Å². The van der Waals surface area contributed by atoms with Crippen LogP contribution in [0, 0.1) is 18.2 Å². The second kappa shape index (κ2) is 7.86. The average molecular weight is 476 g/mol. The first-order valence-corrected chi connectivity index (χ1v) is 11.8. The van der Waals surface area contributed by atoms with Crippen LogP contribution in [-0.4, -0.2) is 48.6 Å². The zero-order valence-corrected chi connectivity index (χ0v) is 19.9. The molecule has 3 aliphatic rings. The molecular weight excluding hydrogens is 449 g/mol. The standard InChI is InChI=1S/C25H26FN7O2/c1-4-34-23-20(33-15-28-16(2)30-33)7-6-19(29-23)11-17-12-25(9-10-25)14-32-22(17)31-35-24(32,3)21-8-5-18(26)13-27-21/h5-8,11,13,15H,4,9-10,12,14H2,1-3H3. The van der Waals surface area contributed by atoms with Crippen molar-refractivity contribution in [1.82, 2.24) is 29.6 Å². The largest absolute Gasteiger partial charge is 0.476 e. The second-order valence-electron chi connectivity index (χ2n) is 9.51. The highest BCUT2D eigenvalue weighted by Gasteiger charge is 2.56. The topological polar surface area (TPSA) is 90.6 Å². The summed E-state index contributed by atoms with van der Waals surface area (Å²) in [7, 11) is 0. The van der Waals surface area contributed by atoms with Crippen LogP contribution >= 0.6 is 0 Å². The van der Waals surface area contributed by atoms with Gasteiger partial charge in [-0.2, -0.15) is 5.10 Å². The van der Waals surface area contributed by atoms with Crippen molar-refractivity contribution in [3.8, 4) is 11.6 Å². The van der Waals surface area contributed by atoms with Crippen LogP contribution < -0.4 is 4.74 Å². The zero-order chi connectivity index (χ0) is 24.2. The summed E-state index contributed by atoms with van der Waals surface area (Å²) in [5.74, 6) is 1.56. The van der Waals surface area contributed by atoms with Crippen molar-refractivity contribution in [3.05, 3.63) is 65.4 Å². The van der Waals surface area contributed by atoms with Crippen LogP contribution in [-0.2, 0) is 10.6 Å². The van der Waals surface area contributed by atoms with Crippen LogP contribution in [0.4, 0.5) is 4.39 Å². The summed E-state index contributed by atoms with van der Waals surface area (Å²) in [6.45, 7) is 7.00. The number of amidine groups is 1. The van der Waals surface area contributed by atoms with Gasteiger partial charge < -0.3 is 14.5 Å². The Bertz CT molecular complexity index is 1350. The molecule has 0 radical (unpaired) electrons. The summed E-state index contributed by atoms with van der Waals surface area (Å²) in [5, 5.41) is 8.86. The number of oxime groups is 1. The van der Waals surface area contributed by atoms with Gasteiger partial charge in [0, 0.05) is 19.0 Å². The van der Waals surface area contributed by atoms with Crippen LogP contribution in [0.5, 0.6) is 5.88 Å². The van der Waals surface area contributed by atoms with Crippen LogP contribution in [0.15, 0.2) is 47.5 Å². The van der Waals surface area contributed by atoms with E-state index in [2.05, 4.69) is 31.2 Å². The molecule has 0 amide bonds. The van der Waals surface area contributed by atoms with Gasteiger partial charge in [-0.15, -0.1) is 0 Å². The number of aryl methyl sites for hydroxylation is 1. The van der Waals surface area contributed by atoms with Gasteiger partial charge in [0.25, 0.3) is 5.72 Å². The van der Waals surface area contributed by atoms with E-state index < -0.39 is 5.72 Å². The maximum absolute atomic E-state index is 13.5. The molecule has 3 aromatic heterocycles. The minimum atomic E-state index is -0.892. The van der Waals surface area contributed by atoms with Crippen LogP contribution in [0.3, 0.4) is 0 Å². The van der Waals surface area contributed by atoms with Crippen molar-refractivity contribution >= 4 is 11.9 Å². The van der Waals surface area contributed by atoms with E-state index in [1.165, 1.54) is 12.3 Å². The Morgan fingerprint density at radius 3 is 2.74 bits per heavy atom. The fraction of sp³-hybridized carbons (Fsp3) is 0.400. The van der Waals surface area contributed by atoms with E-state index in [9.17, 15) is 4.39 Å². The normalized spacial score (nSPS) is 23.3. The van der Waals surface area contributed by atoms with Gasteiger partial charge >= 0.3 is 0 Å². The number of rotatable bonds is 5. The van der Waals surface area contributed by atoms with Crippen molar-refractivity contribution in [3.63, 3.8) is 0 Å². The molecule has 2 aliphatic heterocycles. The number of hydrogen-bond acceptors (Lipinski definition) is 8. The van der Waals surface area contributed by atoms with Crippen LogP contribution in [0.25, 0.3) is 11.8 Å². The van der Waals surface area contributed by atoms with E-state index in [1.807, 2.05) is 32.9 Å². The molecule has 1 spiro atoms. The average Bonchev–Trinajstić information content (AvgIpc) is 3.28. The number of ether oxygens (including phenoxy) is 1. The van der Waals surface area contributed by atoms with Gasteiger partial charge in [0.2, 0.25) is 5.88 Å². The van der Waals surface area contributed by atoms with Crippen molar-refractivity contribution in [2.45, 2.75) is 45.8 Å². The summed E-state index contributed by atoms with van der Waals surface area (Å²) in [6, 6.07) is 6.94. The highest BCUT2D eigenvalue weighted by Crippen LogP contribution is 2.57. The van der Waals surface area contributed by atoms with Crippen LogP contribution in [0.2, 0.25) is 0 Å². The molecule has 3 aromatic rings. The summed E-state index contributed by atoms with van der Waals surface area (Å²) in [6.07, 6.45) is 8.10. The lowest BCUT2D eigenvalue weighted by molar-refractivity contribution is -0.0999. The lowest BCUT2D eigenvalue weighted by Gasteiger charge is -2.40. The third-order valence-electron chi connectivity index (χ3n) is 6.90. The molecule has 2 fully saturated rings. The van der Waals surface area contributed by atoms with Gasteiger partial charge in [0.05, 0.1) is 18.5 Å². The molecule has 1 saturated carbocycles. The number of fused-ring (bicyclic) bond motifs is 1. The molecule has 0 aromatic carbocycles. The molecule has 6 rings (SSSR count). The molecule has 35 heavy (non-hydrogen) atoms. The molecule has 1 saturated heterocycles. The number of hydrogen-bond donors (Lipinski definition) is 0. The molecule has 1 aliphatic carbocycles. The molecule has 0 N–H and O–H groups in total. The second-order valence-corrected chi connectivity index (χ2v) is 9.51. The Morgan fingerprint density at radius 2 is 2.06 bits per heavy atom.